The molecule has 0 atom stereocenters. The molecule has 52 heavy (non-hydrogen) atoms. The molecule has 0 aliphatic carbocycles. The maximum absolute atomic E-state index is 5.94. The highest BCUT2D eigenvalue weighted by Crippen LogP contribution is 2.35. The molecule has 0 N–H and O–H groups in total. The number of fused-ring (bicyclic) bond motifs is 1. The van der Waals surface area contributed by atoms with Gasteiger partial charge in [-0.05, 0) is 58.7 Å². The van der Waals surface area contributed by atoms with Gasteiger partial charge in [0.2, 0.25) is 23.6 Å². The van der Waals surface area contributed by atoms with E-state index in [0.717, 1.165) is 66.9 Å². The van der Waals surface area contributed by atoms with Gasteiger partial charge in [0, 0.05) is 33.1 Å². The standard InChI is InChI=1S/C44H38N6O2/c1-43(2,3)41-49-47-39(51-41)33-23-15-29(16-24-33)27-11-19-31(20-12-27)37-38(46-36-10-8-7-9-35(36)45-37)32-21-13-28(14-22-32)30-17-25-34(26-18-30)40-48-50-42(52-40)44(4,5)6/h7-26H,1-6H3. The van der Waals surface area contributed by atoms with Crippen molar-refractivity contribution in [3.8, 4) is 67.7 Å². The highest BCUT2D eigenvalue weighted by molar-refractivity contribution is 5.87. The van der Waals surface area contributed by atoms with Crippen LogP contribution in [-0.4, -0.2) is 30.4 Å². The third-order valence-corrected chi connectivity index (χ3v) is 8.95. The molecule has 0 amide bonds. The molecule has 0 aliphatic rings. The summed E-state index contributed by atoms with van der Waals surface area (Å²) in [6.07, 6.45) is 0. The second kappa shape index (κ2) is 12.8. The maximum atomic E-state index is 5.94. The van der Waals surface area contributed by atoms with Crippen LogP contribution in [-0.2, 0) is 10.8 Å². The van der Waals surface area contributed by atoms with E-state index >= 15 is 0 Å². The van der Waals surface area contributed by atoms with Crippen LogP contribution >= 0.6 is 0 Å². The summed E-state index contributed by atoms with van der Waals surface area (Å²) in [5, 5.41) is 17.0. The highest BCUT2D eigenvalue weighted by Gasteiger charge is 2.23. The monoisotopic (exact) mass is 682 g/mol. The molecular weight excluding hydrogens is 645 g/mol. The number of rotatable bonds is 6. The molecule has 0 fully saturated rings. The van der Waals surface area contributed by atoms with E-state index in [4.69, 9.17) is 18.8 Å². The molecule has 5 aromatic carbocycles. The van der Waals surface area contributed by atoms with Crippen molar-refractivity contribution in [2.24, 2.45) is 0 Å². The summed E-state index contributed by atoms with van der Waals surface area (Å²) in [6, 6.07) is 41.3. The van der Waals surface area contributed by atoms with Crippen molar-refractivity contribution in [3.05, 3.63) is 133 Å². The number of para-hydroxylation sites is 2. The topological polar surface area (TPSA) is 104 Å². The quantitative estimate of drug-likeness (QED) is 0.171. The number of benzene rings is 5. The SMILES string of the molecule is CC(C)(C)c1nnc(-c2ccc(-c3ccc(-c4nc5ccccc5nc4-c4ccc(-c5ccc(-c6nnc(C(C)(C)C)o6)cc5)cc4)cc3)cc2)o1. The van der Waals surface area contributed by atoms with E-state index in [1.165, 1.54) is 0 Å². The molecule has 8 nitrogen and oxygen atoms in total. The summed E-state index contributed by atoms with van der Waals surface area (Å²) in [4.78, 5) is 10.2. The lowest BCUT2D eigenvalue weighted by Crippen LogP contribution is -2.11. The van der Waals surface area contributed by atoms with Gasteiger partial charge in [-0.3, -0.25) is 0 Å². The Balaban J connectivity index is 1.06. The van der Waals surface area contributed by atoms with Crippen LogP contribution in [0.1, 0.15) is 53.3 Å². The summed E-state index contributed by atoms with van der Waals surface area (Å²) >= 11 is 0. The van der Waals surface area contributed by atoms with Crippen LogP contribution in [0.3, 0.4) is 0 Å². The maximum Gasteiger partial charge on any atom is 0.247 e. The lowest BCUT2D eigenvalue weighted by atomic mass is 9.97. The van der Waals surface area contributed by atoms with E-state index in [9.17, 15) is 0 Å². The molecule has 0 spiro atoms. The molecule has 3 heterocycles. The Kier molecular flexibility index (Phi) is 8.10. The average molecular weight is 683 g/mol. The molecule has 0 saturated heterocycles. The molecule has 0 radical (unpaired) electrons. The lowest BCUT2D eigenvalue weighted by Gasteiger charge is -2.12. The van der Waals surface area contributed by atoms with Crippen molar-refractivity contribution in [2.75, 3.05) is 0 Å². The molecule has 256 valence electrons. The fourth-order valence-corrected chi connectivity index (χ4v) is 5.94. The van der Waals surface area contributed by atoms with E-state index in [2.05, 4.69) is 135 Å². The average Bonchev–Trinajstić information content (AvgIpc) is 3.87. The van der Waals surface area contributed by atoms with E-state index in [1.54, 1.807) is 0 Å². The van der Waals surface area contributed by atoms with E-state index in [0.29, 0.717) is 23.6 Å². The largest absolute Gasteiger partial charge is 0.420 e. The molecule has 0 unspecified atom stereocenters. The third kappa shape index (κ3) is 6.51. The van der Waals surface area contributed by atoms with Gasteiger partial charge in [-0.15, -0.1) is 20.4 Å². The minimum absolute atomic E-state index is 0.200. The first kappa shape index (κ1) is 32.9. The first-order chi connectivity index (χ1) is 25.0. The van der Waals surface area contributed by atoms with Gasteiger partial charge < -0.3 is 8.83 Å². The van der Waals surface area contributed by atoms with Crippen molar-refractivity contribution in [3.63, 3.8) is 0 Å². The lowest BCUT2D eigenvalue weighted by molar-refractivity contribution is 0.399. The zero-order chi connectivity index (χ0) is 36.0. The van der Waals surface area contributed by atoms with Crippen LogP contribution in [0.25, 0.3) is 78.7 Å². The Morgan fingerprint density at radius 3 is 0.923 bits per heavy atom. The van der Waals surface area contributed by atoms with Crippen LogP contribution in [0.5, 0.6) is 0 Å². The van der Waals surface area contributed by atoms with E-state index < -0.39 is 0 Å². The molecule has 0 bridgehead atoms. The van der Waals surface area contributed by atoms with Crippen LogP contribution in [0, 0.1) is 0 Å². The molecule has 3 aromatic heterocycles. The van der Waals surface area contributed by atoms with Crippen LogP contribution < -0.4 is 0 Å². The summed E-state index contributed by atoms with van der Waals surface area (Å²) in [6.45, 7) is 12.3. The predicted octanol–water partition coefficient (Wildman–Crippen LogP) is 11.0. The van der Waals surface area contributed by atoms with Gasteiger partial charge in [0.15, 0.2) is 0 Å². The zero-order valence-corrected chi connectivity index (χ0v) is 30.0. The van der Waals surface area contributed by atoms with E-state index in [1.807, 2.05) is 48.5 Å². The number of aromatic nitrogens is 6. The van der Waals surface area contributed by atoms with Gasteiger partial charge in [-0.25, -0.2) is 9.97 Å². The third-order valence-electron chi connectivity index (χ3n) is 8.95. The number of hydrogen-bond donors (Lipinski definition) is 0. The van der Waals surface area contributed by atoms with Gasteiger partial charge in [0.1, 0.15) is 0 Å². The van der Waals surface area contributed by atoms with E-state index in [-0.39, 0.29) is 10.8 Å². The fraction of sp³-hybridized carbons (Fsp3) is 0.182. The summed E-state index contributed by atoms with van der Waals surface area (Å²) < 4.78 is 11.9. The molecule has 0 aliphatic heterocycles. The molecule has 8 heteroatoms. The second-order valence-electron chi connectivity index (χ2n) is 15.0. The zero-order valence-electron chi connectivity index (χ0n) is 30.0. The Labute approximate surface area is 302 Å². The Hall–Kier alpha value is -6.28. The fourth-order valence-electron chi connectivity index (χ4n) is 5.94. The molecular formula is C44H38N6O2. The first-order valence-corrected chi connectivity index (χ1v) is 17.4. The first-order valence-electron chi connectivity index (χ1n) is 17.4. The van der Waals surface area contributed by atoms with Crippen molar-refractivity contribution < 1.29 is 8.83 Å². The summed E-state index contributed by atoms with van der Waals surface area (Å²) in [5.74, 6) is 2.29. The molecule has 8 rings (SSSR count). The van der Waals surface area contributed by atoms with Crippen LogP contribution in [0.15, 0.2) is 130 Å². The van der Waals surface area contributed by atoms with Crippen molar-refractivity contribution in [2.45, 2.75) is 52.4 Å². The van der Waals surface area contributed by atoms with Gasteiger partial charge in [0.25, 0.3) is 0 Å². The molecule has 0 saturated carbocycles. The van der Waals surface area contributed by atoms with Crippen LogP contribution in [0.4, 0.5) is 0 Å². The minimum Gasteiger partial charge on any atom is -0.420 e. The summed E-state index contributed by atoms with van der Waals surface area (Å²) in [5.41, 5.74) is 11.1. The highest BCUT2D eigenvalue weighted by atomic mass is 16.4. The van der Waals surface area contributed by atoms with Gasteiger partial charge in [-0.2, -0.15) is 0 Å². The normalized spacial score (nSPS) is 12.0. The number of nitrogens with zero attached hydrogens (tertiary/aromatic N) is 6. The molecule has 8 aromatic rings. The Bertz CT molecular complexity index is 2320. The minimum atomic E-state index is -0.200. The second-order valence-corrected chi connectivity index (χ2v) is 15.0. The van der Waals surface area contributed by atoms with Crippen LogP contribution in [0.2, 0.25) is 0 Å². The smallest absolute Gasteiger partial charge is 0.247 e. The Morgan fingerprint density at radius 1 is 0.346 bits per heavy atom. The Morgan fingerprint density at radius 2 is 0.635 bits per heavy atom. The van der Waals surface area contributed by atoms with Crippen molar-refractivity contribution in [1.82, 2.24) is 30.4 Å². The van der Waals surface area contributed by atoms with Crippen molar-refractivity contribution in [1.29, 1.82) is 0 Å². The number of hydrogen-bond acceptors (Lipinski definition) is 8. The van der Waals surface area contributed by atoms with Gasteiger partial charge in [0.05, 0.1) is 22.4 Å². The predicted molar refractivity (Wildman–Crippen MR) is 205 cm³/mol. The summed E-state index contributed by atoms with van der Waals surface area (Å²) in [7, 11) is 0. The van der Waals surface area contributed by atoms with Gasteiger partial charge >= 0.3 is 0 Å². The van der Waals surface area contributed by atoms with Crippen molar-refractivity contribution >= 4 is 11.0 Å². The van der Waals surface area contributed by atoms with Gasteiger partial charge in [-0.1, -0.05) is 126 Å².